The molecule has 2 aromatic carbocycles. The number of unbranched alkanes of at least 4 members (excludes halogenated alkanes) is 6. The van der Waals surface area contributed by atoms with Crippen molar-refractivity contribution in [3.63, 3.8) is 0 Å². The summed E-state index contributed by atoms with van der Waals surface area (Å²) in [5, 5.41) is 17.8. The molecule has 0 bridgehead atoms. The SMILES string of the molecule is C=C(C#N)C(=O)OC(C)CCCCCC.CCCCCCC(C)OC(=O)C(=C=[N-])C[N+](C)(C)c1ccc(C)cc1.Cc1ccc(N(C)C)cc1. The maximum atomic E-state index is 12.3. The van der Waals surface area contributed by atoms with Crippen LogP contribution in [0.1, 0.15) is 103 Å². The first kappa shape index (κ1) is 45.8. The topological polar surface area (TPSA) is 102 Å². The highest BCUT2D eigenvalue weighted by molar-refractivity contribution is 5.99. The zero-order chi connectivity index (χ0) is 38.1. The second kappa shape index (κ2) is 25.7. The lowest BCUT2D eigenvalue weighted by Crippen LogP contribution is -2.43. The van der Waals surface area contributed by atoms with Crippen molar-refractivity contribution in [2.24, 2.45) is 0 Å². The second-order valence-electron chi connectivity index (χ2n) is 13.7. The summed E-state index contributed by atoms with van der Waals surface area (Å²) in [5.41, 5.74) is 4.85. The van der Waals surface area contributed by atoms with Gasteiger partial charge in [-0.25, -0.2) is 9.59 Å². The van der Waals surface area contributed by atoms with Gasteiger partial charge in [-0.2, -0.15) is 5.26 Å². The summed E-state index contributed by atoms with van der Waals surface area (Å²) in [4.78, 5) is 25.6. The van der Waals surface area contributed by atoms with Gasteiger partial charge in [-0.1, -0.05) is 94.3 Å². The van der Waals surface area contributed by atoms with Crippen molar-refractivity contribution in [1.29, 1.82) is 5.26 Å². The van der Waals surface area contributed by atoms with Crippen LogP contribution in [0.15, 0.2) is 66.3 Å². The summed E-state index contributed by atoms with van der Waals surface area (Å²) in [7, 11) is 8.07. The van der Waals surface area contributed by atoms with Crippen LogP contribution in [-0.2, 0) is 19.1 Å². The van der Waals surface area contributed by atoms with Gasteiger partial charge in [0.05, 0.1) is 26.3 Å². The number of esters is 2. The highest BCUT2D eigenvalue weighted by Gasteiger charge is 2.25. The summed E-state index contributed by atoms with van der Waals surface area (Å²) in [6, 6.07) is 18.3. The fourth-order valence-corrected chi connectivity index (χ4v) is 4.81. The molecule has 0 heterocycles. The number of hydrogen-bond donors (Lipinski definition) is 0. The summed E-state index contributed by atoms with van der Waals surface area (Å²) >= 11 is 0. The Morgan fingerprint density at radius 2 is 1.24 bits per heavy atom. The number of rotatable bonds is 18. The van der Waals surface area contributed by atoms with Gasteiger partial charge in [0, 0.05) is 19.8 Å². The minimum Gasteiger partial charge on any atom is -0.763 e. The van der Waals surface area contributed by atoms with Gasteiger partial charge in [-0.05, 0) is 77.6 Å². The second-order valence-corrected chi connectivity index (χ2v) is 13.7. The normalized spacial score (nSPS) is 11.5. The van der Waals surface area contributed by atoms with Crippen molar-refractivity contribution in [3.05, 3.63) is 82.8 Å². The highest BCUT2D eigenvalue weighted by atomic mass is 16.5. The Labute approximate surface area is 303 Å². The molecule has 0 aliphatic rings. The first-order valence-electron chi connectivity index (χ1n) is 18.0. The molecule has 276 valence electrons. The van der Waals surface area contributed by atoms with Crippen LogP contribution >= 0.6 is 0 Å². The molecule has 0 aliphatic carbocycles. The Kier molecular flexibility index (Phi) is 23.6. The van der Waals surface area contributed by atoms with E-state index in [1.54, 1.807) is 6.07 Å². The van der Waals surface area contributed by atoms with E-state index in [0.717, 1.165) is 44.2 Å². The van der Waals surface area contributed by atoms with Crippen molar-refractivity contribution in [1.82, 2.24) is 4.48 Å². The number of carbonyl (C=O) groups excluding carboxylic acids is 2. The van der Waals surface area contributed by atoms with E-state index in [0.29, 0.717) is 11.0 Å². The number of likely N-dealkylation sites (N-methyl/N-ethyl adjacent to an activating group) is 1. The number of ether oxygens (including phenoxy) is 2. The van der Waals surface area contributed by atoms with Gasteiger partial charge >= 0.3 is 11.9 Å². The van der Waals surface area contributed by atoms with Crippen LogP contribution in [0.5, 0.6) is 0 Å². The monoisotopic (exact) mass is 688 g/mol. The number of hydrogen-bond acceptors (Lipinski definition) is 6. The van der Waals surface area contributed by atoms with E-state index < -0.39 is 11.9 Å². The van der Waals surface area contributed by atoms with Gasteiger partial charge in [-0.15, -0.1) is 0 Å². The zero-order valence-corrected chi connectivity index (χ0v) is 32.7. The number of quaternary nitrogens is 1. The summed E-state index contributed by atoms with van der Waals surface area (Å²) in [6.45, 7) is 15.8. The average Bonchev–Trinajstić information content (AvgIpc) is 3.08. The maximum absolute atomic E-state index is 12.3. The van der Waals surface area contributed by atoms with E-state index in [1.807, 2.05) is 79.1 Å². The lowest BCUT2D eigenvalue weighted by atomic mass is 10.1. The molecule has 50 heavy (non-hydrogen) atoms. The van der Waals surface area contributed by atoms with Gasteiger partial charge in [0.15, 0.2) is 0 Å². The Hall–Kier alpha value is -4.18. The molecule has 8 heteroatoms. The number of anilines is 1. The van der Waals surface area contributed by atoms with Crippen LogP contribution in [-0.4, -0.2) is 64.8 Å². The van der Waals surface area contributed by atoms with Crippen molar-refractivity contribution in [3.8, 4) is 6.07 Å². The molecule has 2 atom stereocenters. The number of benzene rings is 2. The molecule has 0 aliphatic heterocycles. The number of aryl methyl sites for hydroxylation is 2. The first-order valence-corrected chi connectivity index (χ1v) is 18.0. The van der Waals surface area contributed by atoms with Crippen LogP contribution in [0.3, 0.4) is 0 Å². The minimum atomic E-state index is -0.597. The number of nitriles is 1. The van der Waals surface area contributed by atoms with Gasteiger partial charge in [0.1, 0.15) is 29.4 Å². The van der Waals surface area contributed by atoms with E-state index in [2.05, 4.69) is 56.5 Å². The summed E-state index contributed by atoms with van der Waals surface area (Å²) < 4.78 is 10.9. The van der Waals surface area contributed by atoms with Crippen LogP contribution in [0.4, 0.5) is 11.4 Å². The molecule has 0 radical (unpaired) electrons. The Morgan fingerprint density at radius 1 is 0.800 bits per heavy atom. The van der Waals surface area contributed by atoms with Crippen molar-refractivity contribution >= 4 is 29.2 Å². The Balaban J connectivity index is 0.000000808. The van der Waals surface area contributed by atoms with Gasteiger partial charge in [0.25, 0.3) is 0 Å². The van der Waals surface area contributed by atoms with Crippen molar-refractivity contribution < 1.29 is 19.1 Å². The van der Waals surface area contributed by atoms with Crippen LogP contribution in [0.25, 0.3) is 5.41 Å². The minimum absolute atomic E-state index is 0.126. The van der Waals surface area contributed by atoms with Gasteiger partial charge in [0.2, 0.25) is 0 Å². The lowest BCUT2D eigenvalue weighted by molar-refractivity contribution is -0.144. The molecular weight excluding hydrogens is 624 g/mol. The van der Waals surface area contributed by atoms with Gasteiger partial charge in [-0.3, -0.25) is 10.4 Å². The first-order chi connectivity index (χ1) is 23.6. The van der Waals surface area contributed by atoms with Crippen molar-refractivity contribution in [2.75, 3.05) is 39.6 Å². The predicted molar refractivity (Wildman–Crippen MR) is 210 cm³/mol. The third kappa shape index (κ3) is 20.4. The van der Waals surface area contributed by atoms with Gasteiger partial charge < -0.3 is 19.8 Å². The van der Waals surface area contributed by atoms with Crippen LogP contribution in [0.2, 0.25) is 0 Å². The van der Waals surface area contributed by atoms with E-state index in [-0.39, 0.29) is 23.4 Å². The standard InChI is InChI=1S/C21H32N2O2.C12H19NO2.C9H13N/c1-6-7-8-9-10-18(3)25-21(24)19(15-22)16-23(4,5)20-13-11-17(2)12-14-20;1-4-5-6-7-8-11(3)15-12(14)10(2)9-13;1-8-4-6-9(7-5-8)10(2)3/h11-14,18H,6-10,16H2,1-5H3;11H,2,4-8H2,1,3H3;4-7H,1-3H3. The van der Waals surface area contributed by atoms with Crippen LogP contribution in [0, 0.1) is 25.2 Å². The third-order valence-corrected chi connectivity index (χ3v) is 8.14. The molecule has 0 amide bonds. The Bertz CT molecular complexity index is 1370. The number of carbonyl (C=O) groups is 2. The molecule has 2 rings (SSSR count). The van der Waals surface area contributed by atoms with E-state index in [9.17, 15) is 15.0 Å². The predicted octanol–water partition coefficient (Wildman–Crippen LogP) is 9.66. The molecule has 0 N–H and O–H groups in total. The quantitative estimate of drug-likeness (QED) is 0.0386. The zero-order valence-electron chi connectivity index (χ0n) is 32.7. The number of nitrogens with zero attached hydrogens (tertiary/aromatic N) is 4. The summed E-state index contributed by atoms with van der Waals surface area (Å²) in [5.74, 6) is 0.968. The molecule has 8 nitrogen and oxygen atoms in total. The largest absolute Gasteiger partial charge is 0.763 e. The van der Waals surface area contributed by atoms with E-state index >= 15 is 0 Å². The lowest BCUT2D eigenvalue weighted by Gasteiger charge is -2.30. The Morgan fingerprint density at radius 3 is 1.64 bits per heavy atom. The molecule has 0 aromatic heterocycles. The average molecular weight is 689 g/mol. The third-order valence-electron chi connectivity index (χ3n) is 8.14. The molecule has 0 saturated heterocycles. The molecular formula is C42H64N4O4. The molecule has 0 spiro atoms. The molecule has 0 saturated carbocycles. The fourth-order valence-electron chi connectivity index (χ4n) is 4.81. The summed E-state index contributed by atoms with van der Waals surface area (Å²) in [6.07, 6.45) is 10.7. The molecule has 0 fully saturated rings. The fraction of sp³-hybridized carbons (Fsp3) is 0.548. The highest BCUT2D eigenvalue weighted by Crippen LogP contribution is 2.21. The molecule has 2 aromatic rings. The van der Waals surface area contributed by atoms with Crippen molar-refractivity contribution in [2.45, 2.75) is 118 Å². The molecule has 2 unspecified atom stereocenters. The van der Waals surface area contributed by atoms with Crippen LogP contribution < -0.4 is 9.38 Å². The smallest absolute Gasteiger partial charge is 0.348 e. The van der Waals surface area contributed by atoms with E-state index in [4.69, 9.17) is 14.7 Å². The maximum Gasteiger partial charge on any atom is 0.348 e. The van der Waals surface area contributed by atoms with E-state index in [1.165, 1.54) is 42.5 Å².